The molecule has 7 heteroatoms. The Kier molecular flexibility index (Phi) is 7.47. The van der Waals surface area contributed by atoms with Gasteiger partial charge in [0, 0.05) is 24.2 Å². The molecule has 1 aliphatic rings. The number of aromatic hydroxyl groups is 1. The van der Waals surface area contributed by atoms with E-state index >= 15 is 0 Å². The first-order chi connectivity index (χ1) is 16.1. The second kappa shape index (κ2) is 10.5. The summed E-state index contributed by atoms with van der Waals surface area (Å²) < 4.78 is 11.9. The lowest BCUT2D eigenvalue weighted by Crippen LogP contribution is -2.53. The molecule has 1 N–H and O–H groups in total. The molecule has 5 rings (SSSR count). The Bertz CT molecular complexity index is 1230. The summed E-state index contributed by atoms with van der Waals surface area (Å²) >= 11 is 6.49. The fourth-order valence-electron chi connectivity index (χ4n) is 4.19. The van der Waals surface area contributed by atoms with E-state index in [1.54, 1.807) is 12.1 Å². The van der Waals surface area contributed by atoms with E-state index in [1.807, 2.05) is 60.7 Å². The van der Waals surface area contributed by atoms with Gasteiger partial charge in [0.15, 0.2) is 5.76 Å². The minimum absolute atomic E-state index is 0. The molecule has 1 aromatic heterocycles. The topological polar surface area (TPSA) is 58.7 Å². The Balaban J connectivity index is 0.00000274. The lowest BCUT2D eigenvalue weighted by molar-refractivity contribution is 0.0203. The van der Waals surface area contributed by atoms with Crippen molar-refractivity contribution in [3.05, 3.63) is 77.8 Å². The molecule has 0 spiro atoms. The average molecular weight is 497 g/mol. The number of benzene rings is 3. The molecule has 0 saturated carbocycles. The molecule has 4 aromatic rings. The van der Waals surface area contributed by atoms with Crippen molar-refractivity contribution >= 4 is 24.0 Å². The summed E-state index contributed by atoms with van der Waals surface area (Å²) in [6.07, 6.45) is 1.40. The van der Waals surface area contributed by atoms with Gasteiger partial charge in [0.2, 0.25) is 0 Å². The first-order valence-corrected chi connectivity index (χ1v) is 11.5. The Morgan fingerprint density at radius 1 is 1.00 bits per heavy atom. The van der Waals surface area contributed by atoms with Crippen LogP contribution in [0.4, 0.5) is 0 Å². The lowest BCUT2D eigenvalue weighted by Gasteiger charge is -2.38. The molecule has 0 bridgehead atoms. The largest absolute Gasteiger partial charge is 0.508 e. The number of hydrogen-bond acceptors (Lipinski definition) is 5. The molecule has 176 valence electrons. The standard InChI is InChI=1S/C27H25ClN2O3.ClH/c1-2-15-30-16-22(17-30)32-21-13-9-18(10-14-21)25-26(23-5-3-4-6-24(23)28)29-33-27(25)19-7-11-20(31)12-8-19;/h3-14,22,31H,2,15-17H2,1H3;1H. The number of phenols is 1. The van der Waals surface area contributed by atoms with E-state index in [9.17, 15) is 5.11 Å². The molecule has 34 heavy (non-hydrogen) atoms. The summed E-state index contributed by atoms with van der Waals surface area (Å²) in [6.45, 7) is 5.27. The van der Waals surface area contributed by atoms with Crippen LogP contribution in [-0.4, -0.2) is 40.9 Å². The van der Waals surface area contributed by atoms with Gasteiger partial charge in [0.1, 0.15) is 23.3 Å². The predicted octanol–water partition coefficient (Wildman–Crippen LogP) is 6.93. The van der Waals surface area contributed by atoms with Crippen molar-refractivity contribution in [1.82, 2.24) is 10.1 Å². The Labute approximate surface area is 210 Å². The van der Waals surface area contributed by atoms with Crippen molar-refractivity contribution in [2.75, 3.05) is 19.6 Å². The second-order valence-electron chi connectivity index (χ2n) is 8.29. The van der Waals surface area contributed by atoms with Gasteiger partial charge < -0.3 is 14.4 Å². The molecule has 3 aromatic carbocycles. The highest BCUT2D eigenvalue weighted by molar-refractivity contribution is 6.33. The Hall–Kier alpha value is -2.99. The van der Waals surface area contributed by atoms with E-state index < -0.39 is 0 Å². The smallest absolute Gasteiger partial charge is 0.175 e. The van der Waals surface area contributed by atoms with Gasteiger partial charge in [-0.15, -0.1) is 12.4 Å². The highest BCUT2D eigenvalue weighted by atomic mass is 35.5. The van der Waals surface area contributed by atoms with Gasteiger partial charge in [-0.25, -0.2) is 0 Å². The van der Waals surface area contributed by atoms with E-state index in [4.69, 9.17) is 20.9 Å². The molecule has 0 amide bonds. The quantitative estimate of drug-likeness (QED) is 0.300. The first-order valence-electron chi connectivity index (χ1n) is 11.2. The van der Waals surface area contributed by atoms with Crippen molar-refractivity contribution in [3.63, 3.8) is 0 Å². The fourth-order valence-corrected chi connectivity index (χ4v) is 4.42. The van der Waals surface area contributed by atoms with Gasteiger partial charge in [0.25, 0.3) is 0 Å². The number of aromatic nitrogens is 1. The van der Waals surface area contributed by atoms with Crippen molar-refractivity contribution in [2.24, 2.45) is 0 Å². The van der Waals surface area contributed by atoms with Crippen LogP contribution < -0.4 is 4.74 Å². The highest BCUT2D eigenvalue weighted by Crippen LogP contribution is 2.42. The number of phenolic OH excluding ortho intramolecular Hbond substituents is 1. The van der Waals surface area contributed by atoms with Crippen molar-refractivity contribution in [1.29, 1.82) is 0 Å². The molecule has 1 aliphatic heterocycles. The summed E-state index contributed by atoms with van der Waals surface area (Å²) in [4.78, 5) is 2.40. The zero-order valence-electron chi connectivity index (χ0n) is 18.8. The average Bonchev–Trinajstić information content (AvgIpc) is 3.24. The molecular weight excluding hydrogens is 471 g/mol. The summed E-state index contributed by atoms with van der Waals surface area (Å²) in [6, 6.07) is 22.5. The third kappa shape index (κ3) is 4.92. The molecule has 0 aliphatic carbocycles. The van der Waals surface area contributed by atoms with Crippen LogP contribution in [0.2, 0.25) is 5.02 Å². The number of rotatable bonds is 7. The van der Waals surface area contributed by atoms with Crippen LogP contribution >= 0.6 is 24.0 Å². The van der Waals surface area contributed by atoms with Gasteiger partial charge in [-0.3, -0.25) is 4.90 Å². The maximum Gasteiger partial charge on any atom is 0.175 e. The van der Waals surface area contributed by atoms with E-state index in [1.165, 1.54) is 0 Å². The Morgan fingerprint density at radius 3 is 2.35 bits per heavy atom. The van der Waals surface area contributed by atoms with Gasteiger partial charge in [-0.1, -0.05) is 54.0 Å². The summed E-state index contributed by atoms with van der Waals surface area (Å²) in [7, 11) is 0. The summed E-state index contributed by atoms with van der Waals surface area (Å²) in [5.41, 5.74) is 4.08. The van der Waals surface area contributed by atoms with E-state index in [2.05, 4.69) is 17.0 Å². The normalized spacial score (nSPS) is 13.8. The van der Waals surface area contributed by atoms with Crippen LogP contribution in [0.3, 0.4) is 0 Å². The molecule has 0 unspecified atom stereocenters. The number of likely N-dealkylation sites (tertiary alicyclic amines) is 1. The van der Waals surface area contributed by atoms with Crippen LogP contribution in [0.25, 0.3) is 33.7 Å². The second-order valence-corrected chi connectivity index (χ2v) is 8.69. The van der Waals surface area contributed by atoms with Crippen LogP contribution in [0.5, 0.6) is 11.5 Å². The monoisotopic (exact) mass is 496 g/mol. The molecular formula is C27H26Cl2N2O3. The van der Waals surface area contributed by atoms with Gasteiger partial charge in [-0.05, 0) is 61.0 Å². The SMILES string of the molecule is CCCN1CC(Oc2ccc(-c3c(-c4ccccc4Cl)noc3-c3ccc(O)cc3)cc2)C1.Cl. The molecule has 1 fully saturated rings. The van der Waals surface area contributed by atoms with E-state index in [-0.39, 0.29) is 24.3 Å². The van der Waals surface area contributed by atoms with E-state index in [0.29, 0.717) is 16.5 Å². The minimum atomic E-state index is 0. The highest BCUT2D eigenvalue weighted by Gasteiger charge is 2.27. The van der Waals surface area contributed by atoms with Crippen molar-refractivity contribution in [2.45, 2.75) is 19.4 Å². The lowest BCUT2D eigenvalue weighted by atomic mass is 9.96. The minimum Gasteiger partial charge on any atom is -0.508 e. The molecule has 2 heterocycles. The third-order valence-electron chi connectivity index (χ3n) is 5.86. The molecule has 0 radical (unpaired) electrons. The number of ether oxygens (including phenoxy) is 1. The van der Waals surface area contributed by atoms with Crippen LogP contribution in [0.1, 0.15) is 13.3 Å². The number of hydrogen-bond donors (Lipinski definition) is 1. The maximum atomic E-state index is 9.70. The van der Waals surface area contributed by atoms with Crippen LogP contribution in [0.15, 0.2) is 77.3 Å². The first kappa shape index (κ1) is 24.1. The summed E-state index contributed by atoms with van der Waals surface area (Å²) in [5.74, 6) is 1.66. The third-order valence-corrected chi connectivity index (χ3v) is 6.19. The zero-order chi connectivity index (χ0) is 22.8. The van der Waals surface area contributed by atoms with Gasteiger partial charge in [0.05, 0.1) is 10.6 Å². The number of halogens is 2. The van der Waals surface area contributed by atoms with Crippen molar-refractivity contribution < 1.29 is 14.4 Å². The van der Waals surface area contributed by atoms with Gasteiger partial charge >= 0.3 is 0 Å². The van der Waals surface area contributed by atoms with Gasteiger partial charge in [-0.2, -0.15) is 0 Å². The summed E-state index contributed by atoms with van der Waals surface area (Å²) in [5, 5.41) is 14.7. The number of nitrogens with zero attached hydrogens (tertiary/aromatic N) is 2. The molecule has 1 saturated heterocycles. The molecule has 0 atom stereocenters. The van der Waals surface area contributed by atoms with Crippen LogP contribution in [0, 0.1) is 0 Å². The fraction of sp³-hybridized carbons (Fsp3) is 0.222. The molecule has 5 nitrogen and oxygen atoms in total. The Morgan fingerprint density at radius 2 is 1.68 bits per heavy atom. The zero-order valence-corrected chi connectivity index (χ0v) is 20.4. The maximum absolute atomic E-state index is 9.70. The van der Waals surface area contributed by atoms with E-state index in [0.717, 1.165) is 54.1 Å². The predicted molar refractivity (Wildman–Crippen MR) is 138 cm³/mol. The van der Waals surface area contributed by atoms with Crippen LogP contribution in [-0.2, 0) is 0 Å². The van der Waals surface area contributed by atoms with Crippen molar-refractivity contribution in [3.8, 4) is 45.2 Å².